The van der Waals surface area contributed by atoms with Gasteiger partial charge in [-0.2, -0.15) is 0 Å². The fourth-order valence-electron chi connectivity index (χ4n) is 0.594. The van der Waals surface area contributed by atoms with Crippen LogP contribution in [0.2, 0.25) is 0 Å². The fourth-order valence-corrected chi connectivity index (χ4v) is 0.594. The third kappa shape index (κ3) is 4.09. The molecule has 0 saturated carbocycles. The van der Waals surface area contributed by atoms with Gasteiger partial charge in [-0.25, -0.2) is 0 Å². The first kappa shape index (κ1) is 9.17. The SMILES string of the molecule is C=C(CC(C)(C)O)C(=O)[O-]. The van der Waals surface area contributed by atoms with Crippen LogP contribution in [0.5, 0.6) is 0 Å². The van der Waals surface area contributed by atoms with Crippen LogP contribution in [0.4, 0.5) is 0 Å². The van der Waals surface area contributed by atoms with Gasteiger partial charge in [0.1, 0.15) is 0 Å². The van der Waals surface area contributed by atoms with Crippen LogP contribution < -0.4 is 5.11 Å². The summed E-state index contributed by atoms with van der Waals surface area (Å²) in [4.78, 5) is 10.1. The molecular formula is C7H11O3-. The number of hydrogen-bond donors (Lipinski definition) is 1. The van der Waals surface area contributed by atoms with Crippen molar-refractivity contribution in [2.45, 2.75) is 25.9 Å². The first-order valence-corrected chi connectivity index (χ1v) is 2.94. The molecule has 0 unspecified atom stereocenters. The Morgan fingerprint density at radius 1 is 1.70 bits per heavy atom. The van der Waals surface area contributed by atoms with E-state index in [4.69, 9.17) is 5.11 Å². The lowest BCUT2D eigenvalue weighted by molar-refractivity contribution is -0.299. The van der Waals surface area contributed by atoms with Crippen LogP contribution in [0.1, 0.15) is 20.3 Å². The summed E-state index contributed by atoms with van der Waals surface area (Å²) in [5, 5.41) is 19.1. The lowest BCUT2D eigenvalue weighted by atomic mass is 10.0. The van der Waals surface area contributed by atoms with Gasteiger partial charge >= 0.3 is 0 Å². The average Bonchev–Trinajstić information content (AvgIpc) is 1.60. The van der Waals surface area contributed by atoms with Crippen molar-refractivity contribution in [3.63, 3.8) is 0 Å². The van der Waals surface area contributed by atoms with E-state index in [2.05, 4.69) is 6.58 Å². The van der Waals surface area contributed by atoms with Crippen molar-refractivity contribution in [3.8, 4) is 0 Å². The van der Waals surface area contributed by atoms with E-state index in [0.29, 0.717) is 0 Å². The first-order chi connectivity index (χ1) is 4.33. The Bertz CT molecular complexity index is 153. The molecule has 0 spiro atoms. The lowest BCUT2D eigenvalue weighted by Crippen LogP contribution is -2.29. The van der Waals surface area contributed by atoms with Gasteiger partial charge in [0.25, 0.3) is 0 Å². The Hall–Kier alpha value is -0.830. The van der Waals surface area contributed by atoms with E-state index in [1.807, 2.05) is 0 Å². The Kier molecular flexibility index (Phi) is 2.60. The zero-order chi connectivity index (χ0) is 8.36. The third-order valence-corrected chi connectivity index (χ3v) is 0.935. The molecule has 0 atom stereocenters. The summed E-state index contributed by atoms with van der Waals surface area (Å²) in [6.07, 6.45) is 0.0370. The molecule has 0 heterocycles. The van der Waals surface area contributed by atoms with Gasteiger partial charge in [-0.1, -0.05) is 6.58 Å². The molecular weight excluding hydrogens is 132 g/mol. The average molecular weight is 143 g/mol. The number of hydrogen-bond acceptors (Lipinski definition) is 3. The standard InChI is InChI=1S/C7H12O3/c1-5(6(8)9)4-7(2,3)10/h10H,1,4H2,2-3H3,(H,8,9)/p-1. The molecule has 0 aliphatic rings. The maximum absolute atomic E-state index is 10.1. The summed E-state index contributed by atoms with van der Waals surface area (Å²) in [6.45, 7) is 6.25. The number of rotatable bonds is 3. The quantitative estimate of drug-likeness (QED) is 0.539. The molecule has 0 saturated heterocycles. The second kappa shape index (κ2) is 2.84. The number of carboxylic acid groups (broad SMARTS) is 1. The monoisotopic (exact) mass is 143 g/mol. The molecule has 0 amide bonds. The number of carbonyl (C=O) groups excluding carboxylic acids is 1. The fraction of sp³-hybridized carbons (Fsp3) is 0.571. The molecule has 0 aliphatic heterocycles. The van der Waals surface area contributed by atoms with E-state index >= 15 is 0 Å². The van der Waals surface area contributed by atoms with E-state index in [9.17, 15) is 9.90 Å². The predicted molar refractivity (Wildman–Crippen MR) is 35.1 cm³/mol. The third-order valence-electron chi connectivity index (χ3n) is 0.935. The van der Waals surface area contributed by atoms with E-state index in [-0.39, 0.29) is 12.0 Å². The molecule has 0 aliphatic carbocycles. The largest absolute Gasteiger partial charge is 0.545 e. The summed E-state index contributed by atoms with van der Waals surface area (Å²) in [5.41, 5.74) is -1.09. The van der Waals surface area contributed by atoms with E-state index < -0.39 is 11.6 Å². The minimum atomic E-state index is -1.30. The van der Waals surface area contributed by atoms with Gasteiger partial charge in [-0.15, -0.1) is 0 Å². The van der Waals surface area contributed by atoms with Gasteiger partial charge in [0.2, 0.25) is 0 Å². The molecule has 0 aromatic rings. The predicted octanol–water partition coefficient (Wildman–Crippen LogP) is -0.547. The normalized spacial score (nSPS) is 11.1. The molecule has 3 nitrogen and oxygen atoms in total. The van der Waals surface area contributed by atoms with Crippen molar-refractivity contribution in [2.24, 2.45) is 0 Å². The minimum absolute atomic E-state index is 0.0370. The van der Waals surface area contributed by atoms with Gasteiger partial charge in [0, 0.05) is 6.42 Å². The number of aliphatic carboxylic acids is 1. The highest BCUT2D eigenvalue weighted by molar-refractivity contribution is 5.83. The van der Waals surface area contributed by atoms with Crippen molar-refractivity contribution in [1.82, 2.24) is 0 Å². The number of carboxylic acids is 1. The second-order valence-corrected chi connectivity index (χ2v) is 2.88. The highest BCUT2D eigenvalue weighted by Gasteiger charge is 2.13. The summed E-state index contributed by atoms with van der Waals surface area (Å²) in [6, 6.07) is 0. The maximum Gasteiger partial charge on any atom is 0.0670 e. The molecule has 0 rings (SSSR count). The van der Waals surface area contributed by atoms with Crippen molar-refractivity contribution >= 4 is 5.97 Å². The Labute approximate surface area is 60.0 Å². The van der Waals surface area contributed by atoms with Gasteiger partial charge in [-0.05, 0) is 19.4 Å². The molecule has 0 fully saturated rings. The summed E-state index contributed by atoms with van der Waals surface area (Å²) >= 11 is 0. The molecule has 0 aromatic carbocycles. The summed E-state index contributed by atoms with van der Waals surface area (Å²) in [5.74, 6) is -1.30. The topological polar surface area (TPSA) is 60.4 Å². The van der Waals surface area contributed by atoms with Crippen LogP contribution in [0.15, 0.2) is 12.2 Å². The Balaban J connectivity index is 3.93. The van der Waals surface area contributed by atoms with Crippen LogP contribution in [0, 0.1) is 0 Å². The van der Waals surface area contributed by atoms with Gasteiger partial charge < -0.3 is 15.0 Å². The molecule has 1 N–H and O–H groups in total. The highest BCUT2D eigenvalue weighted by Crippen LogP contribution is 2.12. The zero-order valence-corrected chi connectivity index (χ0v) is 6.18. The molecule has 3 heteroatoms. The molecule has 10 heavy (non-hydrogen) atoms. The second-order valence-electron chi connectivity index (χ2n) is 2.88. The smallest absolute Gasteiger partial charge is 0.0670 e. The van der Waals surface area contributed by atoms with Crippen LogP contribution in [0.3, 0.4) is 0 Å². The molecule has 0 radical (unpaired) electrons. The highest BCUT2D eigenvalue weighted by atomic mass is 16.4. The Morgan fingerprint density at radius 2 is 2.10 bits per heavy atom. The molecule has 58 valence electrons. The molecule has 0 bridgehead atoms. The van der Waals surface area contributed by atoms with Crippen molar-refractivity contribution in [3.05, 3.63) is 12.2 Å². The summed E-state index contributed by atoms with van der Waals surface area (Å²) < 4.78 is 0. The van der Waals surface area contributed by atoms with Gasteiger partial charge in [0.05, 0.1) is 11.6 Å². The van der Waals surface area contributed by atoms with Crippen LogP contribution in [0.25, 0.3) is 0 Å². The Morgan fingerprint density at radius 3 is 2.20 bits per heavy atom. The summed E-state index contributed by atoms with van der Waals surface area (Å²) in [7, 11) is 0. The lowest BCUT2D eigenvalue weighted by Gasteiger charge is -2.18. The van der Waals surface area contributed by atoms with Crippen molar-refractivity contribution in [1.29, 1.82) is 0 Å². The number of aliphatic hydroxyl groups is 1. The van der Waals surface area contributed by atoms with Gasteiger partial charge in [-0.3, -0.25) is 0 Å². The number of carbonyl (C=O) groups is 1. The van der Waals surface area contributed by atoms with Crippen molar-refractivity contribution < 1.29 is 15.0 Å². The van der Waals surface area contributed by atoms with E-state index in [0.717, 1.165) is 0 Å². The first-order valence-electron chi connectivity index (χ1n) is 2.94. The van der Waals surface area contributed by atoms with Gasteiger partial charge in [0.15, 0.2) is 0 Å². The maximum atomic E-state index is 10.1. The van der Waals surface area contributed by atoms with Crippen LogP contribution >= 0.6 is 0 Å². The molecule has 0 aromatic heterocycles. The van der Waals surface area contributed by atoms with E-state index in [1.165, 1.54) is 13.8 Å². The minimum Gasteiger partial charge on any atom is -0.545 e. The van der Waals surface area contributed by atoms with E-state index in [1.54, 1.807) is 0 Å². The van der Waals surface area contributed by atoms with Crippen LogP contribution in [-0.2, 0) is 4.79 Å². The van der Waals surface area contributed by atoms with Crippen molar-refractivity contribution in [2.75, 3.05) is 0 Å². The zero-order valence-electron chi connectivity index (χ0n) is 6.18. The van der Waals surface area contributed by atoms with Crippen LogP contribution in [-0.4, -0.2) is 16.7 Å².